The number of rotatable bonds is 2. The van der Waals surface area contributed by atoms with Crippen LogP contribution in [0.2, 0.25) is 0 Å². The molecule has 0 atom stereocenters. The molecule has 0 bridgehead atoms. The van der Waals surface area contributed by atoms with E-state index in [4.69, 9.17) is 11.5 Å². The van der Waals surface area contributed by atoms with Crippen molar-refractivity contribution >= 4 is 44.6 Å². The zero-order valence-corrected chi connectivity index (χ0v) is 20.1. The van der Waals surface area contributed by atoms with Crippen molar-refractivity contribution in [2.24, 2.45) is 0 Å². The second kappa shape index (κ2) is 7.78. The van der Waals surface area contributed by atoms with E-state index in [9.17, 15) is 32.1 Å². The number of hydrogen-bond acceptors (Lipinski definition) is 8. The summed E-state index contributed by atoms with van der Waals surface area (Å²) in [7, 11) is -4.98. The third-order valence-corrected chi connectivity index (χ3v) is 7.77. The summed E-state index contributed by atoms with van der Waals surface area (Å²) in [6.07, 6.45) is 0. The van der Waals surface area contributed by atoms with Crippen LogP contribution in [0.5, 0.6) is 0 Å². The minimum absolute atomic E-state index is 0.00340. The van der Waals surface area contributed by atoms with Crippen LogP contribution in [-0.4, -0.2) is 36.1 Å². The summed E-state index contributed by atoms with van der Waals surface area (Å²) in [6.45, 7) is 0. The molecule has 0 saturated heterocycles. The minimum Gasteiger partial charge on any atom is -0.398 e. The topological polar surface area (TPSA) is 175 Å². The molecule has 0 fully saturated rings. The highest BCUT2D eigenvalue weighted by molar-refractivity contribution is 7.86. The molecule has 0 spiro atoms. The van der Waals surface area contributed by atoms with E-state index in [0.717, 1.165) is 6.07 Å². The molecule has 9 nitrogen and oxygen atoms in total. The molecule has 10 heteroatoms. The van der Waals surface area contributed by atoms with Gasteiger partial charge in [-0.2, -0.15) is 8.42 Å². The Labute approximate surface area is 215 Å². The van der Waals surface area contributed by atoms with Crippen LogP contribution in [0, 0.1) is 0 Å². The Hall–Kier alpha value is -4.93. The zero-order chi connectivity index (χ0) is 27.1. The fraction of sp³-hybridized carbons (Fsp3) is 0. The fourth-order valence-electron chi connectivity index (χ4n) is 5.19. The van der Waals surface area contributed by atoms with E-state index in [0.29, 0.717) is 0 Å². The Kier molecular flexibility index (Phi) is 4.81. The molecule has 2 aliphatic rings. The molecule has 0 aromatic heterocycles. The van der Waals surface area contributed by atoms with E-state index in [1.165, 1.54) is 42.5 Å². The van der Waals surface area contributed by atoms with Crippen molar-refractivity contribution < 1.29 is 32.1 Å². The van der Waals surface area contributed by atoms with Gasteiger partial charge in [-0.15, -0.1) is 0 Å². The van der Waals surface area contributed by atoms with E-state index >= 15 is 0 Å². The molecule has 0 radical (unpaired) electrons. The highest BCUT2D eigenvalue weighted by Crippen LogP contribution is 2.44. The smallest absolute Gasteiger partial charge is 0.296 e. The second-order valence-corrected chi connectivity index (χ2v) is 10.3. The molecule has 0 aliphatic heterocycles. The number of benzene rings is 4. The van der Waals surface area contributed by atoms with Crippen LogP contribution in [0.3, 0.4) is 0 Å². The predicted octanol–water partition coefficient (Wildman–Crippen LogP) is 3.32. The van der Waals surface area contributed by atoms with Gasteiger partial charge in [0.25, 0.3) is 10.1 Å². The van der Waals surface area contributed by atoms with Crippen molar-refractivity contribution in [3.63, 3.8) is 0 Å². The molecule has 0 heterocycles. The average molecular weight is 525 g/mol. The molecule has 6 rings (SSSR count). The largest absolute Gasteiger partial charge is 0.398 e. The number of nitrogen functional groups attached to an aromatic ring is 2. The summed E-state index contributed by atoms with van der Waals surface area (Å²) >= 11 is 0. The van der Waals surface area contributed by atoms with Crippen molar-refractivity contribution in [1.29, 1.82) is 0 Å². The van der Waals surface area contributed by atoms with Crippen molar-refractivity contribution in [2.45, 2.75) is 4.90 Å². The first-order valence-corrected chi connectivity index (χ1v) is 12.7. The monoisotopic (exact) mass is 524 g/mol. The van der Waals surface area contributed by atoms with E-state index < -0.39 is 49.4 Å². The lowest BCUT2D eigenvalue weighted by Gasteiger charge is -2.26. The van der Waals surface area contributed by atoms with Gasteiger partial charge in [-0.05, 0) is 23.3 Å². The normalized spacial score (nSPS) is 14.0. The summed E-state index contributed by atoms with van der Waals surface area (Å²) < 4.78 is 34.6. The fourth-order valence-corrected chi connectivity index (χ4v) is 5.84. The van der Waals surface area contributed by atoms with Gasteiger partial charge in [-0.3, -0.25) is 23.7 Å². The Morgan fingerprint density at radius 1 is 0.526 bits per heavy atom. The zero-order valence-electron chi connectivity index (χ0n) is 19.3. The van der Waals surface area contributed by atoms with E-state index in [2.05, 4.69) is 0 Å². The highest BCUT2D eigenvalue weighted by atomic mass is 32.2. The summed E-state index contributed by atoms with van der Waals surface area (Å²) in [6, 6.07) is 15.8. The van der Waals surface area contributed by atoms with Crippen LogP contribution < -0.4 is 11.5 Å². The number of nitrogens with two attached hydrogens (primary N) is 2. The molecule has 4 aromatic carbocycles. The Balaban J connectivity index is 1.76. The average Bonchev–Trinajstić information content (AvgIpc) is 2.89. The summed E-state index contributed by atoms with van der Waals surface area (Å²) in [5, 5.41) is 0. The Morgan fingerprint density at radius 3 is 1.42 bits per heavy atom. The Bertz CT molecular complexity index is 1940. The van der Waals surface area contributed by atoms with Gasteiger partial charge in [0, 0.05) is 39.1 Å². The van der Waals surface area contributed by atoms with Gasteiger partial charge in [-0.25, -0.2) is 0 Å². The summed E-state index contributed by atoms with van der Waals surface area (Å²) in [5.41, 5.74) is 10.8. The van der Waals surface area contributed by atoms with Crippen molar-refractivity contribution in [3.05, 3.63) is 111 Å². The van der Waals surface area contributed by atoms with Crippen LogP contribution in [0.1, 0.15) is 63.7 Å². The number of carbonyl (C=O) groups excluding carboxylic acids is 4. The number of carbonyl (C=O) groups is 4. The predicted molar refractivity (Wildman–Crippen MR) is 137 cm³/mol. The van der Waals surface area contributed by atoms with Gasteiger partial charge >= 0.3 is 0 Å². The van der Waals surface area contributed by atoms with Gasteiger partial charge in [0.1, 0.15) is 4.90 Å². The highest BCUT2D eigenvalue weighted by Gasteiger charge is 2.39. The van der Waals surface area contributed by atoms with E-state index in [1.54, 1.807) is 18.2 Å². The lowest BCUT2D eigenvalue weighted by molar-refractivity contribution is 0.0978. The van der Waals surface area contributed by atoms with Crippen LogP contribution >= 0.6 is 0 Å². The maximum atomic E-state index is 13.7. The van der Waals surface area contributed by atoms with Gasteiger partial charge in [0.05, 0.1) is 16.8 Å². The quantitative estimate of drug-likeness (QED) is 0.227. The first-order valence-electron chi connectivity index (χ1n) is 11.3. The van der Waals surface area contributed by atoms with E-state index in [-0.39, 0.29) is 55.8 Å². The van der Waals surface area contributed by atoms with Crippen LogP contribution in [0.15, 0.2) is 71.6 Å². The molecule has 0 unspecified atom stereocenters. The molecular weight excluding hydrogens is 508 g/mol. The number of fused-ring (bicyclic) bond motifs is 4. The third-order valence-electron chi connectivity index (χ3n) is 6.88. The van der Waals surface area contributed by atoms with Gasteiger partial charge < -0.3 is 11.5 Å². The van der Waals surface area contributed by atoms with Crippen molar-refractivity contribution in [2.75, 3.05) is 11.5 Å². The van der Waals surface area contributed by atoms with Gasteiger partial charge in [0.2, 0.25) is 0 Å². The van der Waals surface area contributed by atoms with Crippen LogP contribution in [0.25, 0.3) is 11.1 Å². The van der Waals surface area contributed by atoms with Gasteiger partial charge in [-0.1, -0.05) is 54.6 Å². The van der Waals surface area contributed by atoms with Crippen LogP contribution in [-0.2, 0) is 10.1 Å². The molecule has 186 valence electrons. The minimum atomic E-state index is -4.98. The molecule has 2 aliphatic carbocycles. The lowest BCUT2D eigenvalue weighted by atomic mass is 9.76. The molecule has 0 amide bonds. The SMILES string of the molecule is Nc1ccc(-c2cc(S(=O)(=O)O)c(N)c3c2C(=O)c2ccccc2C3=O)c2c1C(=O)c1ccccc1C2=O. The van der Waals surface area contributed by atoms with Crippen molar-refractivity contribution in [1.82, 2.24) is 0 Å². The molecule has 38 heavy (non-hydrogen) atoms. The number of ketones is 4. The lowest BCUT2D eigenvalue weighted by Crippen LogP contribution is -2.26. The van der Waals surface area contributed by atoms with Gasteiger partial charge in [0.15, 0.2) is 23.1 Å². The summed E-state index contributed by atoms with van der Waals surface area (Å²) in [5.74, 6) is -2.47. The number of hydrogen-bond donors (Lipinski definition) is 3. The first kappa shape index (κ1) is 23.5. The maximum Gasteiger partial charge on any atom is 0.296 e. The molecular formula is C28H16N2O7S. The Morgan fingerprint density at radius 2 is 0.947 bits per heavy atom. The van der Waals surface area contributed by atoms with Crippen LogP contribution in [0.4, 0.5) is 11.4 Å². The second-order valence-electron chi connectivity index (χ2n) is 8.92. The third kappa shape index (κ3) is 3.04. The maximum absolute atomic E-state index is 13.7. The van der Waals surface area contributed by atoms with Crippen molar-refractivity contribution in [3.8, 4) is 11.1 Å². The molecule has 0 saturated carbocycles. The standard InChI is InChI=1S/C28H16N2O7S/c29-18-10-9-12(20-22(18)27(33)15-7-3-1-5-13(15)25(20)31)17-11-19(38(35,36)37)24(30)23-21(17)26(32)14-6-2-4-8-16(14)28(23)34/h1-11H,29-30H2,(H,35,36,37). The first-order chi connectivity index (χ1) is 18.0. The molecule has 4 aromatic rings. The summed E-state index contributed by atoms with van der Waals surface area (Å²) in [4.78, 5) is 53.5. The molecule has 5 N–H and O–H groups in total. The number of anilines is 2. The van der Waals surface area contributed by atoms with E-state index in [1.807, 2.05) is 0 Å².